The Balaban J connectivity index is 1.65. The van der Waals surface area contributed by atoms with E-state index in [2.05, 4.69) is 10.6 Å². The van der Waals surface area contributed by atoms with E-state index in [4.69, 9.17) is 9.47 Å². The number of methoxy groups -OCH3 is 1. The fraction of sp³-hybridized carbons (Fsp3) is 0.562. The van der Waals surface area contributed by atoms with Crippen LogP contribution < -0.4 is 15.4 Å². The van der Waals surface area contributed by atoms with Gasteiger partial charge in [0, 0.05) is 13.2 Å². The van der Waals surface area contributed by atoms with Gasteiger partial charge >= 0.3 is 0 Å². The van der Waals surface area contributed by atoms with Crippen molar-refractivity contribution >= 4 is 5.91 Å². The monoisotopic (exact) mass is 292 g/mol. The van der Waals surface area contributed by atoms with Crippen molar-refractivity contribution in [1.82, 2.24) is 10.6 Å². The van der Waals surface area contributed by atoms with Gasteiger partial charge in [0.25, 0.3) is 5.91 Å². The molecule has 21 heavy (non-hydrogen) atoms. The minimum absolute atomic E-state index is 0.102. The Labute approximate surface area is 126 Å². The molecule has 2 N–H and O–H groups in total. The van der Waals surface area contributed by atoms with Crippen LogP contribution in [-0.2, 0) is 4.74 Å². The van der Waals surface area contributed by atoms with E-state index in [9.17, 15) is 4.79 Å². The number of carbonyl (C=O) groups is 1. The van der Waals surface area contributed by atoms with Crippen molar-refractivity contribution in [3.63, 3.8) is 0 Å². The fourth-order valence-electron chi connectivity index (χ4n) is 2.41. The van der Waals surface area contributed by atoms with E-state index in [0.29, 0.717) is 30.6 Å². The molecule has 1 aliphatic heterocycles. The minimum atomic E-state index is -0.102. The van der Waals surface area contributed by atoms with Gasteiger partial charge < -0.3 is 20.1 Å². The number of rotatable bonds is 7. The second kappa shape index (κ2) is 8.64. The zero-order valence-corrected chi connectivity index (χ0v) is 12.6. The first-order valence-electron chi connectivity index (χ1n) is 7.55. The standard InChI is InChI=1S/C16H24N2O3/c1-20-15-6-3-2-5-14(15)16(19)18-9-4-12-21-13-7-10-17-11-8-13/h2-3,5-6,13,17H,4,7-12H2,1H3,(H,18,19). The molecule has 0 bridgehead atoms. The second-order valence-corrected chi connectivity index (χ2v) is 5.13. The predicted molar refractivity (Wildman–Crippen MR) is 81.8 cm³/mol. The quantitative estimate of drug-likeness (QED) is 0.749. The maximum atomic E-state index is 12.0. The first-order chi connectivity index (χ1) is 10.3. The maximum absolute atomic E-state index is 12.0. The first kappa shape index (κ1) is 15.8. The number of amides is 1. The van der Waals surface area contributed by atoms with Crippen LogP contribution in [0.1, 0.15) is 29.6 Å². The minimum Gasteiger partial charge on any atom is -0.496 e. The zero-order chi connectivity index (χ0) is 14.9. The van der Waals surface area contributed by atoms with Crippen molar-refractivity contribution in [2.75, 3.05) is 33.4 Å². The molecule has 0 aromatic heterocycles. The molecule has 1 aliphatic rings. The van der Waals surface area contributed by atoms with Crippen LogP contribution in [0.2, 0.25) is 0 Å². The van der Waals surface area contributed by atoms with Crippen LogP contribution >= 0.6 is 0 Å². The van der Waals surface area contributed by atoms with Gasteiger partial charge in [0.1, 0.15) is 5.75 Å². The summed E-state index contributed by atoms with van der Waals surface area (Å²) in [5.74, 6) is 0.496. The van der Waals surface area contributed by atoms with Gasteiger partial charge in [0.2, 0.25) is 0 Å². The van der Waals surface area contributed by atoms with Crippen molar-refractivity contribution in [2.24, 2.45) is 0 Å². The largest absolute Gasteiger partial charge is 0.496 e. The Morgan fingerprint density at radius 3 is 2.86 bits per heavy atom. The number of para-hydroxylation sites is 1. The molecule has 0 atom stereocenters. The van der Waals surface area contributed by atoms with Gasteiger partial charge in [-0.05, 0) is 44.5 Å². The molecule has 1 aromatic rings. The van der Waals surface area contributed by atoms with Crippen molar-refractivity contribution in [1.29, 1.82) is 0 Å². The lowest BCUT2D eigenvalue weighted by atomic mass is 10.1. The summed E-state index contributed by atoms with van der Waals surface area (Å²) >= 11 is 0. The molecule has 1 amide bonds. The third-order valence-corrected chi connectivity index (χ3v) is 3.60. The topological polar surface area (TPSA) is 59.6 Å². The Bertz CT molecular complexity index is 445. The Hall–Kier alpha value is -1.59. The van der Waals surface area contributed by atoms with E-state index in [1.807, 2.05) is 12.1 Å². The third-order valence-electron chi connectivity index (χ3n) is 3.60. The highest BCUT2D eigenvalue weighted by atomic mass is 16.5. The number of ether oxygens (including phenoxy) is 2. The SMILES string of the molecule is COc1ccccc1C(=O)NCCCOC1CCNCC1. The Morgan fingerprint density at radius 2 is 2.10 bits per heavy atom. The molecule has 0 spiro atoms. The van der Waals surface area contributed by atoms with Gasteiger partial charge in [-0.2, -0.15) is 0 Å². The van der Waals surface area contributed by atoms with Crippen molar-refractivity contribution < 1.29 is 14.3 Å². The van der Waals surface area contributed by atoms with Gasteiger partial charge in [-0.15, -0.1) is 0 Å². The molecule has 116 valence electrons. The summed E-state index contributed by atoms with van der Waals surface area (Å²) < 4.78 is 11.0. The molecular formula is C16H24N2O3. The van der Waals surface area contributed by atoms with E-state index in [1.54, 1.807) is 19.2 Å². The van der Waals surface area contributed by atoms with Gasteiger partial charge in [0.15, 0.2) is 0 Å². The third kappa shape index (κ3) is 5.02. The smallest absolute Gasteiger partial charge is 0.255 e. The summed E-state index contributed by atoms with van der Waals surface area (Å²) in [5.41, 5.74) is 0.569. The number of piperidine rings is 1. The van der Waals surface area contributed by atoms with Crippen LogP contribution in [0.5, 0.6) is 5.75 Å². The molecule has 1 aromatic carbocycles. The predicted octanol–water partition coefficient (Wildman–Crippen LogP) is 1.58. The molecule has 1 saturated heterocycles. The van der Waals surface area contributed by atoms with Crippen LogP contribution in [0.25, 0.3) is 0 Å². The van der Waals surface area contributed by atoms with Crippen LogP contribution in [0, 0.1) is 0 Å². The maximum Gasteiger partial charge on any atom is 0.255 e. The van der Waals surface area contributed by atoms with Gasteiger partial charge in [-0.1, -0.05) is 12.1 Å². The Morgan fingerprint density at radius 1 is 1.33 bits per heavy atom. The lowest BCUT2D eigenvalue weighted by Gasteiger charge is -2.22. The molecule has 0 unspecified atom stereocenters. The van der Waals surface area contributed by atoms with Crippen LogP contribution in [-0.4, -0.2) is 45.4 Å². The molecular weight excluding hydrogens is 268 g/mol. The summed E-state index contributed by atoms with van der Waals surface area (Å²) in [7, 11) is 1.57. The summed E-state index contributed by atoms with van der Waals surface area (Å²) in [6.45, 7) is 3.38. The summed E-state index contributed by atoms with van der Waals surface area (Å²) in [6, 6.07) is 7.23. The average Bonchev–Trinajstić information content (AvgIpc) is 2.55. The summed E-state index contributed by atoms with van der Waals surface area (Å²) in [6.07, 6.45) is 3.35. The first-order valence-corrected chi connectivity index (χ1v) is 7.55. The zero-order valence-electron chi connectivity index (χ0n) is 12.6. The summed E-state index contributed by atoms with van der Waals surface area (Å²) in [4.78, 5) is 12.0. The number of hydrogen-bond acceptors (Lipinski definition) is 4. The molecule has 0 radical (unpaired) electrons. The average molecular weight is 292 g/mol. The molecule has 5 heteroatoms. The van der Waals surface area contributed by atoms with Crippen molar-refractivity contribution in [2.45, 2.75) is 25.4 Å². The van der Waals surface area contributed by atoms with Gasteiger partial charge in [0.05, 0.1) is 18.8 Å². The highest BCUT2D eigenvalue weighted by Crippen LogP contribution is 2.16. The molecule has 0 saturated carbocycles. The highest BCUT2D eigenvalue weighted by Gasteiger charge is 2.13. The molecule has 0 aliphatic carbocycles. The number of nitrogens with one attached hydrogen (secondary N) is 2. The van der Waals surface area contributed by atoms with Gasteiger partial charge in [-0.25, -0.2) is 0 Å². The number of carbonyl (C=O) groups excluding carboxylic acids is 1. The fourth-order valence-corrected chi connectivity index (χ4v) is 2.41. The van der Waals surface area contributed by atoms with E-state index in [0.717, 1.165) is 32.4 Å². The van der Waals surface area contributed by atoms with Crippen LogP contribution in [0.3, 0.4) is 0 Å². The van der Waals surface area contributed by atoms with E-state index in [-0.39, 0.29) is 5.91 Å². The number of benzene rings is 1. The lowest BCUT2D eigenvalue weighted by molar-refractivity contribution is 0.0318. The van der Waals surface area contributed by atoms with E-state index < -0.39 is 0 Å². The second-order valence-electron chi connectivity index (χ2n) is 5.13. The van der Waals surface area contributed by atoms with Crippen LogP contribution in [0.4, 0.5) is 0 Å². The Kier molecular flexibility index (Phi) is 6.50. The van der Waals surface area contributed by atoms with Crippen LogP contribution in [0.15, 0.2) is 24.3 Å². The van der Waals surface area contributed by atoms with E-state index in [1.165, 1.54) is 0 Å². The molecule has 5 nitrogen and oxygen atoms in total. The van der Waals surface area contributed by atoms with E-state index >= 15 is 0 Å². The van der Waals surface area contributed by atoms with Gasteiger partial charge in [-0.3, -0.25) is 4.79 Å². The van der Waals surface area contributed by atoms with Crippen molar-refractivity contribution in [3.8, 4) is 5.75 Å². The molecule has 1 heterocycles. The van der Waals surface area contributed by atoms with Crippen molar-refractivity contribution in [3.05, 3.63) is 29.8 Å². The normalized spacial score (nSPS) is 15.7. The summed E-state index contributed by atoms with van der Waals surface area (Å²) in [5, 5.41) is 6.21. The molecule has 1 fully saturated rings. The highest BCUT2D eigenvalue weighted by molar-refractivity contribution is 5.96. The lowest BCUT2D eigenvalue weighted by Crippen LogP contribution is -2.33. The molecule has 2 rings (SSSR count). The number of hydrogen-bond donors (Lipinski definition) is 2.